The van der Waals surface area contributed by atoms with E-state index < -0.39 is 22.5 Å². The van der Waals surface area contributed by atoms with Crippen molar-refractivity contribution in [1.82, 2.24) is 4.31 Å². The molecule has 0 saturated carbocycles. The molecular formula is C9H17NO4S. The van der Waals surface area contributed by atoms with E-state index in [4.69, 9.17) is 5.11 Å². The molecule has 15 heavy (non-hydrogen) atoms. The first-order valence-corrected chi connectivity index (χ1v) is 6.13. The van der Waals surface area contributed by atoms with Gasteiger partial charge in [-0.2, -0.15) is 4.31 Å². The Kier molecular flexibility index (Phi) is 4.96. The molecule has 0 bridgehead atoms. The predicted octanol–water partition coefficient (Wildman–Crippen LogP) is 0.687. The lowest BCUT2D eigenvalue weighted by Crippen LogP contribution is -2.42. The molecular weight excluding hydrogens is 218 g/mol. The van der Waals surface area contributed by atoms with E-state index in [9.17, 15) is 13.2 Å². The van der Waals surface area contributed by atoms with Gasteiger partial charge in [-0.05, 0) is 20.8 Å². The molecule has 0 amide bonds. The summed E-state index contributed by atoms with van der Waals surface area (Å²) in [7, 11) is -3.56. The van der Waals surface area contributed by atoms with Gasteiger partial charge in [-0.1, -0.05) is 12.2 Å². The first kappa shape index (κ1) is 14.1. The molecule has 0 rings (SSSR count). The van der Waals surface area contributed by atoms with Crippen molar-refractivity contribution < 1.29 is 18.3 Å². The van der Waals surface area contributed by atoms with Crippen LogP contribution in [0.25, 0.3) is 0 Å². The SMILES string of the molecule is C=C(C)CS(=O)(=O)N(CC(=O)O)C(C)C. The minimum absolute atomic E-state index is 0.210. The van der Waals surface area contributed by atoms with E-state index in [1.807, 2.05) is 0 Å². The first-order chi connectivity index (χ1) is 6.66. The maximum Gasteiger partial charge on any atom is 0.318 e. The van der Waals surface area contributed by atoms with Gasteiger partial charge in [0.05, 0.1) is 5.75 Å². The van der Waals surface area contributed by atoms with E-state index in [0.717, 1.165) is 4.31 Å². The van der Waals surface area contributed by atoms with Crippen LogP contribution in [-0.2, 0) is 14.8 Å². The highest BCUT2D eigenvalue weighted by molar-refractivity contribution is 7.89. The highest BCUT2D eigenvalue weighted by Gasteiger charge is 2.26. The second-order valence-corrected chi connectivity index (χ2v) is 5.67. The van der Waals surface area contributed by atoms with Crippen LogP contribution < -0.4 is 0 Å². The fraction of sp³-hybridized carbons (Fsp3) is 0.667. The Morgan fingerprint density at radius 3 is 2.20 bits per heavy atom. The Balaban J connectivity index is 4.91. The van der Waals surface area contributed by atoms with Crippen LogP contribution in [0.1, 0.15) is 20.8 Å². The number of carboxylic acids is 1. The number of carboxylic acid groups (broad SMARTS) is 1. The minimum atomic E-state index is -3.56. The summed E-state index contributed by atoms with van der Waals surface area (Å²) in [6.45, 7) is 7.87. The lowest BCUT2D eigenvalue weighted by Gasteiger charge is -2.24. The van der Waals surface area contributed by atoms with Crippen molar-refractivity contribution in [2.24, 2.45) is 0 Å². The molecule has 0 fully saturated rings. The van der Waals surface area contributed by atoms with Gasteiger partial charge in [0.25, 0.3) is 0 Å². The van der Waals surface area contributed by atoms with Gasteiger partial charge in [-0.25, -0.2) is 8.42 Å². The van der Waals surface area contributed by atoms with Gasteiger partial charge in [-0.3, -0.25) is 4.79 Å². The molecule has 0 aromatic rings. The van der Waals surface area contributed by atoms with Crippen LogP contribution >= 0.6 is 0 Å². The van der Waals surface area contributed by atoms with Crippen LogP contribution in [0, 0.1) is 0 Å². The Hall–Kier alpha value is -0.880. The number of hydrogen-bond acceptors (Lipinski definition) is 3. The lowest BCUT2D eigenvalue weighted by molar-refractivity contribution is -0.137. The van der Waals surface area contributed by atoms with Gasteiger partial charge in [0, 0.05) is 6.04 Å². The van der Waals surface area contributed by atoms with Crippen molar-refractivity contribution in [1.29, 1.82) is 0 Å². The number of rotatable bonds is 6. The van der Waals surface area contributed by atoms with Gasteiger partial charge in [0.15, 0.2) is 0 Å². The standard InChI is InChI=1S/C9H17NO4S/c1-7(2)6-15(13,14)10(8(3)4)5-9(11)12/h8H,1,5-6H2,2-4H3,(H,11,12). The maximum absolute atomic E-state index is 11.7. The summed E-state index contributed by atoms with van der Waals surface area (Å²) in [4.78, 5) is 10.5. The van der Waals surface area contributed by atoms with Crippen molar-refractivity contribution in [3.63, 3.8) is 0 Å². The van der Waals surface area contributed by atoms with Gasteiger partial charge >= 0.3 is 5.97 Å². The van der Waals surface area contributed by atoms with E-state index in [-0.39, 0.29) is 11.8 Å². The van der Waals surface area contributed by atoms with Crippen molar-refractivity contribution in [2.45, 2.75) is 26.8 Å². The van der Waals surface area contributed by atoms with Crippen LogP contribution in [0.15, 0.2) is 12.2 Å². The van der Waals surface area contributed by atoms with Crippen LogP contribution in [-0.4, -0.2) is 42.1 Å². The van der Waals surface area contributed by atoms with Gasteiger partial charge < -0.3 is 5.11 Å². The third-order valence-corrected chi connectivity index (χ3v) is 3.78. The molecule has 5 nitrogen and oxygen atoms in total. The van der Waals surface area contributed by atoms with Gasteiger partial charge in [0.1, 0.15) is 6.54 Å². The summed E-state index contributed by atoms with van der Waals surface area (Å²) in [6, 6.07) is -0.370. The molecule has 0 atom stereocenters. The Morgan fingerprint density at radius 1 is 1.47 bits per heavy atom. The second-order valence-electron chi connectivity index (χ2n) is 3.75. The molecule has 0 aliphatic carbocycles. The highest BCUT2D eigenvalue weighted by atomic mass is 32.2. The van der Waals surface area contributed by atoms with Crippen LogP contribution in [0.3, 0.4) is 0 Å². The summed E-state index contributed by atoms with van der Waals surface area (Å²) >= 11 is 0. The highest BCUT2D eigenvalue weighted by Crippen LogP contribution is 2.09. The van der Waals surface area contributed by atoms with Gasteiger partial charge in [-0.15, -0.1) is 0 Å². The average Bonchev–Trinajstić information content (AvgIpc) is 1.96. The topological polar surface area (TPSA) is 74.7 Å². The van der Waals surface area contributed by atoms with Crippen LogP contribution in [0.4, 0.5) is 0 Å². The molecule has 88 valence electrons. The van der Waals surface area contributed by atoms with E-state index in [0.29, 0.717) is 5.57 Å². The number of nitrogens with zero attached hydrogens (tertiary/aromatic N) is 1. The van der Waals surface area contributed by atoms with Crippen molar-refractivity contribution in [3.05, 3.63) is 12.2 Å². The van der Waals surface area contributed by atoms with Crippen LogP contribution in [0.2, 0.25) is 0 Å². The van der Waals surface area contributed by atoms with E-state index in [2.05, 4.69) is 6.58 Å². The Labute approximate surface area is 90.4 Å². The molecule has 1 N–H and O–H groups in total. The van der Waals surface area contributed by atoms with E-state index in [1.54, 1.807) is 20.8 Å². The molecule has 0 heterocycles. The summed E-state index contributed by atoms with van der Waals surface area (Å²) < 4.78 is 24.4. The number of hydrogen-bond donors (Lipinski definition) is 1. The molecule has 0 aliphatic heterocycles. The zero-order chi connectivity index (χ0) is 12.2. The molecule has 0 aromatic heterocycles. The molecule has 0 saturated heterocycles. The molecule has 0 radical (unpaired) electrons. The average molecular weight is 235 g/mol. The lowest BCUT2D eigenvalue weighted by atomic mass is 10.4. The zero-order valence-corrected chi connectivity index (χ0v) is 10.0. The molecule has 0 unspecified atom stereocenters. The molecule has 0 aliphatic rings. The quantitative estimate of drug-likeness (QED) is 0.687. The molecule has 0 aromatic carbocycles. The monoisotopic (exact) mass is 235 g/mol. The molecule has 0 spiro atoms. The van der Waals surface area contributed by atoms with E-state index >= 15 is 0 Å². The second kappa shape index (κ2) is 5.27. The number of aliphatic carboxylic acids is 1. The van der Waals surface area contributed by atoms with Crippen molar-refractivity contribution in [3.8, 4) is 0 Å². The fourth-order valence-corrected chi connectivity index (χ4v) is 2.87. The third kappa shape index (κ3) is 4.94. The van der Waals surface area contributed by atoms with Crippen molar-refractivity contribution in [2.75, 3.05) is 12.3 Å². The number of carbonyl (C=O) groups is 1. The summed E-state index contributed by atoms with van der Waals surface area (Å²) in [5, 5.41) is 8.60. The Bertz CT molecular complexity index is 345. The summed E-state index contributed by atoms with van der Waals surface area (Å²) in [5.74, 6) is -1.37. The normalized spacial score (nSPS) is 12.1. The fourth-order valence-electron chi connectivity index (χ4n) is 1.13. The van der Waals surface area contributed by atoms with Crippen molar-refractivity contribution >= 4 is 16.0 Å². The summed E-state index contributed by atoms with van der Waals surface area (Å²) in [5.41, 5.74) is 0.492. The number of sulfonamides is 1. The smallest absolute Gasteiger partial charge is 0.318 e. The van der Waals surface area contributed by atoms with E-state index in [1.165, 1.54) is 0 Å². The minimum Gasteiger partial charge on any atom is -0.480 e. The zero-order valence-electron chi connectivity index (χ0n) is 9.23. The van der Waals surface area contributed by atoms with Gasteiger partial charge in [0.2, 0.25) is 10.0 Å². The summed E-state index contributed by atoms with van der Waals surface area (Å²) in [6.07, 6.45) is 0. The largest absolute Gasteiger partial charge is 0.480 e. The Morgan fingerprint density at radius 2 is 1.93 bits per heavy atom. The maximum atomic E-state index is 11.7. The molecule has 6 heteroatoms. The third-order valence-electron chi connectivity index (χ3n) is 1.65. The van der Waals surface area contributed by atoms with Crippen LogP contribution in [0.5, 0.6) is 0 Å². The first-order valence-electron chi connectivity index (χ1n) is 4.52. The predicted molar refractivity (Wildman–Crippen MR) is 58.1 cm³/mol.